The summed E-state index contributed by atoms with van der Waals surface area (Å²) in [6, 6.07) is 13.8. The zero-order chi connectivity index (χ0) is 26.8. The molecule has 2 aliphatic rings. The van der Waals surface area contributed by atoms with E-state index in [1.807, 2.05) is 11.0 Å². The number of hydrogen-bond acceptors (Lipinski definition) is 7. The fourth-order valence-corrected chi connectivity index (χ4v) is 5.03. The number of anilines is 2. The average molecular weight is 531 g/mol. The van der Waals surface area contributed by atoms with Crippen molar-refractivity contribution in [2.24, 2.45) is 0 Å². The molecule has 2 aromatic heterocycles. The molecule has 0 aliphatic carbocycles. The normalized spacial score (nSPS) is 15.7. The molecule has 0 bridgehead atoms. The number of carbonyl (C=O) groups is 1. The minimum atomic E-state index is -0.367. The quantitative estimate of drug-likeness (QED) is 0.377. The highest BCUT2D eigenvalue weighted by molar-refractivity contribution is 5.77. The summed E-state index contributed by atoms with van der Waals surface area (Å²) in [5, 5.41) is 4.56. The predicted octanol–water partition coefficient (Wildman–Crippen LogP) is 3.63. The Morgan fingerprint density at radius 1 is 0.744 bits per heavy atom. The van der Waals surface area contributed by atoms with Crippen LogP contribution in [0, 0.1) is 11.6 Å². The van der Waals surface area contributed by atoms with E-state index < -0.39 is 0 Å². The summed E-state index contributed by atoms with van der Waals surface area (Å²) in [5.41, 5.74) is 1.25. The molecular weight excluding hydrogens is 502 g/mol. The smallest absolute Gasteiger partial charge is 0.244 e. The van der Waals surface area contributed by atoms with E-state index in [1.54, 1.807) is 30.6 Å². The van der Waals surface area contributed by atoms with Crippen molar-refractivity contribution in [3.8, 4) is 22.8 Å². The Balaban J connectivity index is 1.17. The van der Waals surface area contributed by atoms with Gasteiger partial charge in [0.15, 0.2) is 11.6 Å². The van der Waals surface area contributed by atoms with Crippen molar-refractivity contribution in [1.82, 2.24) is 29.6 Å². The SMILES string of the molecule is O=C(Cn1nc(-c2ccc(F)cc2)nc1-c1ccc(F)cc1)N1CCN(c2cc(N3CCCC3)ncn2)CC1. The van der Waals surface area contributed by atoms with Crippen molar-refractivity contribution in [1.29, 1.82) is 0 Å². The summed E-state index contributed by atoms with van der Waals surface area (Å²) in [7, 11) is 0. The Morgan fingerprint density at radius 3 is 1.92 bits per heavy atom. The molecule has 2 fully saturated rings. The first-order valence-electron chi connectivity index (χ1n) is 13.1. The molecule has 0 saturated carbocycles. The van der Waals surface area contributed by atoms with Gasteiger partial charge in [0.1, 0.15) is 36.1 Å². The highest BCUT2D eigenvalue weighted by Gasteiger charge is 2.25. The molecule has 1 amide bonds. The fraction of sp³-hybridized carbons (Fsp3) is 0.321. The van der Waals surface area contributed by atoms with Gasteiger partial charge in [0.25, 0.3) is 0 Å². The summed E-state index contributed by atoms with van der Waals surface area (Å²) in [6.45, 7) is 4.43. The summed E-state index contributed by atoms with van der Waals surface area (Å²) >= 11 is 0. The van der Waals surface area contributed by atoms with Crippen LogP contribution < -0.4 is 9.80 Å². The third kappa shape index (κ3) is 5.43. The van der Waals surface area contributed by atoms with Crippen LogP contribution in [-0.4, -0.2) is 74.8 Å². The van der Waals surface area contributed by atoms with Crippen LogP contribution in [0.4, 0.5) is 20.4 Å². The predicted molar refractivity (Wildman–Crippen MR) is 143 cm³/mol. The Hall–Kier alpha value is -4.41. The van der Waals surface area contributed by atoms with Crippen LogP contribution in [0.5, 0.6) is 0 Å². The molecule has 2 aliphatic heterocycles. The van der Waals surface area contributed by atoms with Gasteiger partial charge in [-0.3, -0.25) is 4.79 Å². The number of benzene rings is 2. The first kappa shape index (κ1) is 24.9. The third-order valence-corrected chi connectivity index (χ3v) is 7.19. The lowest BCUT2D eigenvalue weighted by Gasteiger charge is -2.35. The van der Waals surface area contributed by atoms with Gasteiger partial charge in [-0.15, -0.1) is 5.10 Å². The van der Waals surface area contributed by atoms with E-state index >= 15 is 0 Å². The first-order valence-corrected chi connectivity index (χ1v) is 13.1. The van der Waals surface area contributed by atoms with Crippen LogP contribution in [0.25, 0.3) is 22.8 Å². The Kier molecular flexibility index (Phi) is 6.87. The zero-order valence-electron chi connectivity index (χ0n) is 21.4. The van der Waals surface area contributed by atoms with Gasteiger partial charge in [0.05, 0.1) is 0 Å². The highest BCUT2D eigenvalue weighted by atomic mass is 19.1. The van der Waals surface area contributed by atoms with Crippen LogP contribution in [0.15, 0.2) is 60.9 Å². The van der Waals surface area contributed by atoms with Crippen molar-refractivity contribution >= 4 is 17.5 Å². The number of hydrogen-bond donors (Lipinski definition) is 0. The second kappa shape index (κ2) is 10.8. The fourth-order valence-electron chi connectivity index (χ4n) is 5.03. The van der Waals surface area contributed by atoms with Crippen LogP contribution >= 0.6 is 0 Å². The van der Waals surface area contributed by atoms with Gasteiger partial charge in [-0.2, -0.15) is 0 Å². The lowest BCUT2D eigenvalue weighted by atomic mass is 10.2. The minimum Gasteiger partial charge on any atom is -0.356 e. The van der Waals surface area contributed by atoms with Crippen molar-refractivity contribution in [2.75, 3.05) is 49.1 Å². The van der Waals surface area contributed by atoms with Crippen LogP contribution in [0.3, 0.4) is 0 Å². The number of rotatable bonds is 6. The van der Waals surface area contributed by atoms with Gasteiger partial charge in [0.2, 0.25) is 5.91 Å². The van der Waals surface area contributed by atoms with E-state index in [1.165, 1.54) is 41.8 Å². The topological polar surface area (TPSA) is 83.3 Å². The molecule has 4 heterocycles. The average Bonchev–Trinajstić information content (AvgIpc) is 3.65. The number of amides is 1. The zero-order valence-corrected chi connectivity index (χ0v) is 21.4. The number of halogens is 2. The monoisotopic (exact) mass is 530 g/mol. The molecule has 6 rings (SSSR count). The molecule has 2 saturated heterocycles. The van der Waals surface area contributed by atoms with Crippen LogP contribution in [0.1, 0.15) is 12.8 Å². The summed E-state index contributed by atoms with van der Waals surface area (Å²) < 4.78 is 28.6. The van der Waals surface area contributed by atoms with Gasteiger partial charge in [-0.05, 0) is 61.4 Å². The molecule has 0 unspecified atom stereocenters. The standard InChI is InChI=1S/C28H28F2N8O/c29-22-7-3-20(4-8-22)27-33-28(21-5-9-23(30)10-6-21)38(34-27)18-26(39)37-15-13-36(14-16-37)25-17-24(31-19-32-25)35-11-1-2-12-35/h3-10,17,19H,1-2,11-16,18H2. The summed E-state index contributed by atoms with van der Waals surface area (Å²) in [6.07, 6.45) is 3.97. The number of piperazine rings is 1. The lowest BCUT2D eigenvalue weighted by molar-refractivity contribution is -0.132. The summed E-state index contributed by atoms with van der Waals surface area (Å²) in [5.74, 6) is 1.81. The van der Waals surface area contributed by atoms with Crippen LogP contribution in [-0.2, 0) is 11.3 Å². The molecule has 0 spiro atoms. The van der Waals surface area contributed by atoms with Gasteiger partial charge in [-0.1, -0.05) is 0 Å². The Morgan fingerprint density at radius 2 is 1.31 bits per heavy atom. The van der Waals surface area contributed by atoms with Crippen molar-refractivity contribution in [3.63, 3.8) is 0 Å². The number of aromatic nitrogens is 5. The summed E-state index contributed by atoms with van der Waals surface area (Å²) in [4.78, 5) is 33.1. The Bertz CT molecular complexity index is 1440. The van der Waals surface area contributed by atoms with E-state index in [2.05, 4.69) is 29.9 Å². The molecule has 0 atom stereocenters. The van der Waals surface area contributed by atoms with E-state index in [4.69, 9.17) is 0 Å². The lowest BCUT2D eigenvalue weighted by Crippen LogP contribution is -2.50. The second-order valence-corrected chi connectivity index (χ2v) is 9.73. The molecular formula is C28H28F2N8O. The highest BCUT2D eigenvalue weighted by Crippen LogP contribution is 2.25. The molecule has 39 heavy (non-hydrogen) atoms. The van der Waals surface area contributed by atoms with Crippen molar-refractivity contribution < 1.29 is 13.6 Å². The molecule has 200 valence electrons. The number of carbonyl (C=O) groups excluding carboxylic acids is 1. The van der Waals surface area contributed by atoms with Gasteiger partial charge in [-0.25, -0.2) is 28.4 Å². The van der Waals surface area contributed by atoms with E-state index in [-0.39, 0.29) is 24.1 Å². The maximum absolute atomic E-state index is 13.6. The van der Waals surface area contributed by atoms with E-state index in [0.717, 1.165) is 24.7 Å². The molecule has 9 nitrogen and oxygen atoms in total. The molecule has 2 aromatic carbocycles. The van der Waals surface area contributed by atoms with Gasteiger partial charge >= 0.3 is 0 Å². The van der Waals surface area contributed by atoms with E-state index in [0.29, 0.717) is 49.0 Å². The Labute approximate surface area is 224 Å². The van der Waals surface area contributed by atoms with E-state index in [9.17, 15) is 13.6 Å². The minimum absolute atomic E-state index is 0.0203. The molecule has 0 N–H and O–H groups in total. The molecule has 0 radical (unpaired) electrons. The molecule has 11 heteroatoms. The number of nitrogens with zero attached hydrogens (tertiary/aromatic N) is 8. The largest absolute Gasteiger partial charge is 0.356 e. The maximum atomic E-state index is 13.6. The van der Waals surface area contributed by atoms with Crippen LogP contribution in [0.2, 0.25) is 0 Å². The second-order valence-electron chi connectivity index (χ2n) is 9.73. The van der Waals surface area contributed by atoms with Gasteiger partial charge < -0.3 is 14.7 Å². The van der Waals surface area contributed by atoms with Crippen molar-refractivity contribution in [3.05, 3.63) is 72.6 Å². The third-order valence-electron chi connectivity index (χ3n) is 7.19. The maximum Gasteiger partial charge on any atom is 0.244 e. The van der Waals surface area contributed by atoms with Gasteiger partial charge in [0, 0.05) is 56.5 Å². The first-order chi connectivity index (χ1) is 19.0. The molecule has 4 aromatic rings. The van der Waals surface area contributed by atoms with Crippen molar-refractivity contribution in [2.45, 2.75) is 19.4 Å².